The average molecular weight is 429 g/mol. The summed E-state index contributed by atoms with van der Waals surface area (Å²) < 4.78 is 5.48. The van der Waals surface area contributed by atoms with Gasteiger partial charge in [-0.3, -0.25) is 9.69 Å². The molecule has 1 N–H and O–H groups in total. The molecule has 0 aliphatic carbocycles. The molecule has 2 unspecified atom stereocenters. The number of morpholine rings is 1. The molecule has 0 spiro atoms. The van der Waals surface area contributed by atoms with Crippen molar-refractivity contribution in [3.05, 3.63) is 45.9 Å². The van der Waals surface area contributed by atoms with Gasteiger partial charge in [0.25, 0.3) is 0 Å². The van der Waals surface area contributed by atoms with E-state index >= 15 is 0 Å². The standard InChI is InChI=1S/C23H32N4O2S/c1-17-14-21(27-9-11-29-12-10-27)6-5-19(17)15-26-8-3-4-20(16-26)22(25-18(2)28)23-24-7-13-30-23/h5-7,13-14,20,22H,3-4,8-12,15-16H2,1-2H3,(H,25,28). The second kappa shape index (κ2) is 9.90. The van der Waals surface area contributed by atoms with Crippen molar-refractivity contribution in [2.24, 2.45) is 5.92 Å². The normalized spacial score (nSPS) is 21.4. The molecule has 2 aromatic rings. The number of carbonyl (C=O) groups is 1. The van der Waals surface area contributed by atoms with E-state index in [0.717, 1.165) is 63.8 Å². The van der Waals surface area contributed by atoms with Crippen LogP contribution < -0.4 is 10.2 Å². The lowest BCUT2D eigenvalue weighted by molar-refractivity contribution is -0.120. The first-order valence-electron chi connectivity index (χ1n) is 10.9. The van der Waals surface area contributed by atoms with Gasteiger partial charge in [-0.1, -0.05) is 6.07 Å². The van der Waals surface area contributed by atoms with Gasteiger partial charge in [0.1, 0.15) is 5.01 Å². The molecule has 1 amide bonds. The van der Waals surface area contributed by atoms with Crippen LogP contribution in [-0.4, -0.2) is 55.2 Å². The number of aromatic nitrogens is 1. The topological polar surface area (TPSA) is 57.7 Å². The van der Waals surface area contributed by atoms with Gasteiger partial charge in [-0.25, -0.2) is 4.98 Å². The van der Waals surface area contributed by atoms with Crippen LogP contribution in [0.25, 0.3) is 0 Å². The van der Waals surface area contributed by atoms with Crippen molar-refractivity contribution in [2.75, 3.05) is 44.3 Å². The van der Waals surface area contributed by atoms with Gasteiger partial charge in [-0.05, 0) is 55.5 Å². The average Bonchev–Trinajstić information content (AvgIpc) is 3.29. The number of benzene rings is 1. The predicted molar refractivity (Wildman–Crippen MR) is 121 cm³/mol. The van der Waals surface area contributed by atoms with E-state index in [1.807, 2.05) is 11.6 Å². The minimum absolute atomic E-state index is 0.00935. The number of hydrogen-bond donors (Lipinski definition) is 1. The lowest BCUT2D eigenvalue weighted by Gasteiger charge is -2.37. The first-order valence-corrected chi connectivity index (χ1v) is 11.8. The highest BCUT2D eigenvalue weighted by Crippen LogP contribution is 2.32. The summed E-state index contributed by atoms with van der Waals surface area (Å²) in [7, 11) is 0. The Morgan fingerprint density at radius 3 is 2.87 bits per heavy atom. The fraction of sp³-hybridized carbons (Fsp3) is 0.565. The molecule has 7 heteroatoms. The van der Waals surface area contributed by atoms with Crippen molar-refractivity contribution < 1.29 is 9.53 Å². The Kier molecular flexibility index (Phi) is 7.02. The first kappa shape index (κ1) is 21.3. The second-order valence-corrected chi connectivity index (χ2v) is 9.32. The van der Waals surface area contributed by atoms with E-state index in [2.05, 4.69) is 45.2 Å². The molecule has 1 aromatic heterocycles. The number of ether oxygens (including phenoxy) is 1. The van der Waals surface area contributed by atoms with Crippen molar-refractivity contribution in [1.29, 1.82) is 0 Å². The van der Waals surface area contributed by atoms with Crippen LogP contribution in [0.2, 0.25) is 0 Å². The summed E-state index contributed by atoms with van der Waals surface area (Å²) in [6.07, 6.45) is 4.10. The molecular weight excluding hydrogens is 396 g/mol. The number of likely N-dealkylation sites (tertiary alicyclic amines) is 1. The number of amides is 1. The van der Waals surface area contributed by atoms with Gasteiger partial charge in [0.05, 0.1) is 19.3 Å². The lowest BCUT2D eigenvalue weighted by Crippen LogP contribution is -2.42. The van der Waals surface area contributed by atoms with Crippen molar-refractivity contribution in [2.45, 2.75) is 39.3 Å². The van der Waals surface area contributed by atoms with Gasteiger partial charge < -0.3 is 15.0 Å². The number of hydrogen-bond acceptors (Lipinski definition) is 6. The summed E-state index contributed by atoms with van der Waals surface area (Å²) in [4.78, 5) is 21.2. The molecule has 0 radical (unpaired) electrons. The number of thiazole rings is 1. The Morgan fingerprint density at radius 2 is 2.17 bits per heavy atom. The summed E-state index contributed by atoms with van der Waals surface area (Å²) in [5.74, 6) is 0.406. The first-order chi connectivity index (χ1) is 14.6. The van der Waals surface area contributed by atoms with Gasteiger partial charge in [0.2, 0.25) is 5.91 Å². The lowest BCUT2D eigenvalue weighted by atomic mass is 9.90. The molecule has 4 rings (SSSR count). The van der Waals surface area contributed by atoms with E-state index < -0.39 is 0 Å². The molecule has 2 fully saturated rings. The highest BCUT2D eigenvalue weighted by atomic mass is 32.1. The minimum atomic E-state index is 0.00935. The van der Waals surface area contributed by atoms with E-state index in [-0.39, 0.29) is 11.9 Å². The maximum Gasteiger partial charge on any atom is 0.217 e. The summed E-state index contributed by atoms with van der Waals surface area (Å²) in [6.45, 7) is 10.4. The van der Waals surface area contributed by atoms with Gasteiger partial charge in [0.15, 0.2) is 0 Å². The third-order valence-electron chi connectivity index (χ3n) is 6.19. The van der Waals surface area contributed by atoms with Crippen molar-refractivity contribution >= 4 is 22.9 Å². The molecule has 0 bridgehead atoms. The SMILES string of the molecule is CC(=O)NC(c1nccs1)C1CCCN(Cc2ccc(N3CCOCC3)cc2C)C1. The zero-order chi connectivity index (χ0) is 20.9. The fourth-order valence-electron chi connectivity index (χ4n) is 4.61. The van der Waals surface area contributed by atoms with Gasteiger partial charge in [-0.15, -0.1) is 11.3 Å². The monoisotopic (exact) mass is 428 g/mol. The van der Waals surface area contributed by atoms with Crippen LogP contribution in [-0.2, 0) is 16.1 Å². The third-order valence-corrected chi connectivity index (χ3v) is 7.04. The van der Waals surface area contributed by atoms with E-state index in [1.54, 1.807) is 18.3 Å². The molecule has 6 nitrogen and oxygen atoms in total. The van der Waals surface area contributed by atoms with Gasteiger partial charge in [0, 0.05) is 50.4 Å². The molecule has 1 aromatic carbocycles. The van der Waals surface area contributed by atoms with Crippen LogP contribution in [0, 0.1) is 12.8 Å². The molecule has 2 aliphatic heterocycles. The molecule has 30 heavy (non-hydrogen) atoms. The van der Waals surface area contributed by atoms with Gasteiger partial charge in [-0.2, -0.15) is 0 Å². The fourth-order valence-corrected chi connectivity index (χ4v) is 5.39. The summed E-state index contributed by atoms with van der Waals surface area (Å²) >= 11 is 1.63. The van der Waals surface area contributed by atoms with Crippen LogP contribution in [0.3, 0.4) is 0 Å². The van der Waals surface area contributed by atoms with Crippen molar-refractivity contribution in [3.8, 4) is 0 Å². The number of piperidine rings is 1. The quantitative estimate of drug-likeness (QED) is 0.764. The third kappa shape index (κ3) is 5.20. The van der Waals surface area contributed by atoms with Gasteiger partial charge >= 0.3 is 0 Å². The molecule has 162 valence electrons. The van der Waals surface area contributed by atoms with E-state index in [4.69, 9.17) is 4.74 Å². The number of nitrogens with zero attached hydrogens (tertiary/aromatic N) is 3. The molecule has 2 aliphatic rings. The Morgan fingerprint density at radius 1 is 1.33 bits per heavy atom. The molecule has 0 saturated carbocycles. The predicted octanol–water partition coefficient (Wildman–Crippen LogP) is 3.38. The second-order valence-electron chi connectivity index (χ2n) is 8.40. The van der Waals surface area contributed by atoms with Crippen LogP contribution in [0.5, 0.6) is 0 Å². The molecular formula is C23H32N4O2S. The maximum absolute atomic E-state index is 11.8. The van der Waals surface area contributed by atoms with Crippen LogP contribution in [0.4, 0.5) is 5.69 Å². The van der Waals surface area contributed by atoms with Crippen LogP contribution in [0.1, 0.15) is 41.9 Å². The van der Waals surface area contributed by atoms with Crippen LogP contribution in [0.15, 0.2) is 29.8 Å². The summed E-state index contributed by atoms with van der Waals surface area (Å²) in [6, 6.07) is 6.87. The zero-order valence-corrected chi connectivity index (χ0v) is 18.8. The number of anilines is 1. The molecule has 3 heterocycles. The minimum Gasteiger partial charge on any atom is -0.378 e. The Balaban J connectivity index is 1.42. The Bertz CT molecular complexity index is 836. The van der Waals surface area contributed by atoms with E-state index in [9.17, 15) is 4.79 Å². The van der Waals surface area contributed by atoms with E-state index in [0.29, 0.717) is 5.92 Å². The largest absolute Gasteiger partial charge is 0.378 e. The number of carbonyl (C=O) groups excluding carboxylic acids is 1. The Hall–Kier alpha value is -1.96. The number of nitrogens with one attached hydrogen (secondary N) is 1. The highest BCUT2D eigenvalue weighted by Gasteiger charge is 2.30. The number of aryl methyl sites for hydroxylation is 1. The van der Waals surface area contributed by atoms with Crippen molar-refractivity contribution in [1.82, 2.24) is 15.2 Å². The Labute approximate surface area is 183 Å². The summed E-state index contributed by atoms with van der Waals surface area (Å²) in [5, 5.41) is 6.17. The maximum atomic E-state index is 11.8. The van der Waals surface area contributed by atoms with Crippen LogP contribution >= 0.6 is 11.3 Å². The smallest absolute Gasteiger partial charge is 0.217 e. The molecule has 2 saturated heterocycles. The molecule has 2 atom stereocenters. The highest BCUT2D eigenvalue weighted by molar-refractivity contribution is 7.09. The zero-order valence-electron chi connectivity index (χ0n) is 18.0. The summed E-state index contributed by atoms with van der Waals surface area (Å²) in [5.41, 5.74) is 4.03. The van der Waals surface area contributed by atoms with Crippen molar-refractivity contribution in [3.63, 3.8) is 0 Å². The van der Waals surface area contributed by atoms with E-state index in [1.165, 1.54) is 16.8 Å². The number of rotatable bonds is 6.